The third-order valence-electron chi connectivity index (χ3n) is 14.6. The smallest absolute Gasteiger partial charge is 0.129 e. The van der Waals surface area contributed by atoms with E-state index in [0.29, 0.717) is 30.5 Å². The van der Waals surface area contributed by atoms with Gasteiger partial charge in [-0.1, -0.05) is 62.4 Å². The van der Waals surface area contributed by atoms with Gasteiger partial charge in [-0.25, -0.2) is 0 Å². The first-order valence-corrected chi connectivity index (χ1v) is 25.2. The molecular formula is C62H56N10O2. The molecule has 0 bridgehead atoms. The van der Waals surface area contributed by atoms with Crippen molar-refractivity contribution in [3.05, 3.63) is 206 Å². The van der Waals surface area contributed by atoms with Gasteiger partial charge >= 0.3 is 0 Å². The van der Waals surface area contributed by atoms with Crippen LogP contribution in [0.1, 0.15) is 29.1 Å². The average Bonchev–Trinajstić information content (AvgIpc) is 4.35. The van der Waals surface area contributed by atoms with Crippen molar-refractivity contribution in [2.24, 2.45) is 0 Å². The molecular weight excluding hydrogens is 917 g/mol. The molecule has 12 nitrogen and oxygen atoms in total. The number of hydrogen-bond acceptors (Lipinski definition) is 12. The highest BCUT2D eigenvalue weighted by Crippen LogP contribution is 2.51. The molecule has 12 heteroatoms. The molecule has 0 saturated carbocycles. The van der Waals surface area contributed by atoms with E-state index in [1.165, 1.54) is 27.4 Å². The summed E-state index contributed by atoms with van der Waals surface area (Å²) >= 11 is 0. The fourth-order valence-electron chi connectivity index (χ4n) is 11.0. The lowest BCUT2D eigenvalue weighted by Gasteiger charge is -2.29. The van der Waals surface area contributed by atoms with Gasteiger partial charge in [0.15, 0.2) is 0 Å². The summed E-state index contributed by atoms with van der Waals surface area (Å²) in [6, 6.07) is 58.8. The molecule has 13 rings (SSSR count). The SMILES string of the molecule is [2H]C([2H])([2H])N1CN(c2cccc(Oc3cccc(N4CN(c5cc(CC)c(N6CN(c7cccc(Oc8cccc(N9CN(C)c%10cnccc%109)c8)c7)c7ccccc76)cc5CC)c5ccccc54)c3)c2)c2ccncc21. The van der Waals surface area contributed by atoms with E-state index in [4.69, 9.17) is 13.6 Å². The highest BCUT2D eigenvalue weighted by Gasteiger charge is 2.34. The molecule has 7 aromatic carbocycles. The van der Waals surface area contributed by atoms with Crippen LogP contribution in [-0.2, 0) is 12.8 Å². The van der Waals surface area contributed by atoms with Crippen LogP contribution in [0, 0.1) is 0 Å². The highest BCUT2D eigenvalue weighted by atomic mass is 16.5. The van der Waals surface area contributed by atoms with Crippen molar-refractivity contribution < 1.29 is 13.6 Å². The Hall–Kier alpha value is -9.16. The zero-order valence-electron chi connectivity index (χ0n) is 44.5. The Labute approximate surface area is 436 Å². The standard InChI is InChI=1S/C62H56N10O2/c1-5-43-31-60(72-42-70(54-24-8-10-26-56(54)72)48-18-14-22-52(36-48)74-50-20-12-16-46(34-50)68-40-66(4)62-38-64-30-28-58(62)68)44(6-2)32-59(43)71-41-69(53-23-7-9-25-55(53)71)47-17-13-21-51(35-47)73-49-19-11-15-45(33-49)67-39-65(3)61-37-63-29-27-57(61)67/h7-38H,5-6,39-42H2,1-4H3/i3D3. The van der Waals surface area contributed by atoms with E-state index in [1.54, 1.807) is 12.4 Å². The lowest BCUT2D eigenvalue weighted by Crippen LogP contribution is -2.26. The summed E-state index contributed by atoms with van der Waals surface area (Å²) in [7, 11) is 2.09. The number of pyridine rings is 2. The monoisotopic (exact) mass is 975 g/mol. The molecule has 0 unspecified atom stereocenters. The minimum atomic E-state index is -2.31. The number of fused-ring (bicyclic) bond motifs is 4. The molecule has 0 amide bonds. The minimum Gasteiger partial charge on any atom is -0.457 e. The van der Waals surface area contributed by atoms with Gasteiger partial charge in [-0.3, -0.25) is 9.97 Å². The predicted molar refractivity (Wildman–Crippen MR) is 302 cm³/mol. The number of benzene rings is 7. The fourth-order valence-corrected chi connectivity index (χ4v) is 11.0. The molecule has 4 aliphatic heterocycles. The zero-order valence-corrected chi connectivity index (χ0v) is 41.5. The summed E-state index contributed by atoms with van der Waals surface area (Å²) in [5, 5.41) is 0. The first kappa shape index (κ1) is 41.5. The quantitative estimate of drug-likeness (QED) is 0.117. The molecule has 9 aromatic rings. The molecule has 74 heavy (non-hydrogen) atoms. The molecule has 6 heterocycles. The lowest BCUT2D eigenvalue weighted by molar-refractivity contribution is 0.482. The van der Waals surface area contributed by atoms with Crippen molar-refractivity contribution in [3.63, 3.8) is 0 Å². The van der Waals surface area contributed by atoms with Gasteiger partial charge in [-0.05, 0) is 121 Å². The third-order valence-corrected chi connectivity index (χ3v) is 14.6. The van der Waals surface area contributed by atoms with Gasteiger partial charge < -0.3 is 48.7 Å². The van der Waals surface area contributed by atoms with Gasteiger partial charge in [0.25, 0.3) is 0 Å². The van der Waals surface area contributed by atoms with Gasteiger partial charge in [-0.15, -0.1) is 0 Å². The third kappa shape index (κ3) is 7.86. The van der Waals surface area contributed by atoms with Crippen LogP contribution in [0.2, 0.25) is 0 Å². The number of rotatable bonds is 12. The van der Waals surface area contributed by atoms with Crippen LogP contribution >= 0.6 is 0 Å². The number of anilines is 14. The van der Waals surface area contributed by atoms with Crippen LogP contribution in [0.5, 0.6) is 23.0 Å². The van der Waals surface area contributed by atoms with Crippen LogP contribution in [0.3, 0.4) is 0 Å². The Kier molecular flexibility index (Phi) is 10.3. The van der Waals surface area contributed by atoms with Crippen molar-refractivity contribution in [1.82, 2.24) is 9.97 Å². The highest BCUT2D eigenvalue weighted by molar-refractivity contribution is 5.92. The lowest BCUT2D eigenvalue weighted by atomic mass is 10.0. The van der Waals surface area contributed by atoms with Crippen LogP contribution in [-0.4, -0.2) is 50.7 Å². The van der Waals surface area contributed by atoms with Crippen LogP contribution in [0.15, 0.2) is 195 Å². The molecule has 366 valence electrons. The molecule has 2 aromatic heterocycles. The van der Waals surface area contributed by atoms with Crippen LogP contribution < -0.4 is 48.7 Å². The maximum atomic E-state index is 8.16. The van der Waals surface area contributed by atoms with E-state index in [1.807, 2.05) is 71.9 Å². The molecule has 0 radical (unpaired) electrons. The van der Waals surface area contributed by atoms with Crippen molar-refractivity contribution in [2.45, 2.75) is 26.7 Å². The van der Waals surface area contributed by atoms with Gasteiger partial charge in [0.1, 0.15) is 36.3 Å². The van der Waals surface area contributed by atoms with Crippen LogP contribution in [0.4, 0.5) is 79.6 Å². The van der Waals surface area contributed by atoms with E-state index in [9.17, 15) is 0 Å². The molecule has 0 fully saturated rings. The van der Waals surface area contributed by atoms with Crippen molar-refractivity contribution >= 4 is 79.6 Å². The number of nitrogens with zero attached hydrogens (tertiary/aromatic N) is 10. The van der Waals surface area contributed by atoms with Gasteiger partial charge in [-0.2, -0.15) is 0 Å². The maximum Gasteiger partial charge on any atom is 0.129 e. The predicted octanol–water partition coefficient (Wildman–Crippen LogP) is 14.8. The van der Waals surface area contributed by atoms with E-state index in [0.717, 1.165) is 93.6 Å². The second kappa shape index (κ2) is 18.5. The Morgan fingerprint density at radius 1 is 0.378 bits per heavy atom. The summed E-state index contributed by atoms with van der Waals surface area (Å²) in [4.78, 5) is 26.1. The first-order valence-electron chi connectivity index (χ1n) is 26.7. The first-order chi connectivity index (χ1) is 37.6. The van der Waals surface area contributed by atoms with Crippen molar-refractivity contribution in [3.8, 4) is 23.0 Å². The normalized spacial score (nSPS) is 15.2. The average molecular weight is 976 g/mol. The molecule has 0 atom stereocenters. The molecule has 0 aliphatic carbocycles. The summed E-state index contributed by atoms with van der Waals surface area (Å²) in [6.45, 7) is 4.35. The summed E-state index contributed by atoms with van der Waals surface area (Å²) < 4.78 is 37.7. The second-order valence-electron chi connectivity index (χ2n) is 19.0. The van der Waals surface area contributed by atoms with E-state index < -0.39 is 6.98 Å². The maximum absolute atomic E-state index is 8.16. The minimum absolute atomic E-state index is 0.171. The Balaban J connectivity index is 0.754. The molecule has 0 saturated heterocycles. The summed E-state index contributed by atoms with van der Waals surface area (Å²) in [5.74, 6) is 2.88. The summed E-state index contributed by atoms with van der Waals surface area (Å²) in [5.41, 5.74) is 17.0. The van der Waals surface area contributed by atoms with Gasteiger partial charge in [0, 0.05) is 88.9 Å². The van der Waals surface area contributed by atoms with E-state index in [2.05, 4.69) is 176 Å². The number of aryl methyl sites for hydroxylation is 2. The number of aromatic nitrogens is 2. The number of para-hydroxylation sites is 4. The van der Waals surface area contributed by atoms with E-state index >= 15 is 0 Å². The Morgan fingerprint density at radius 3 is 1.12 bits per heavy atom. The largest absolute Gasteiger partial charge is 0.457 e. The summed E-state index contributed by atoms with van der Waals surface area (Å²) in [6.07, 6.45) is 8.75. The van der Waals surface area contributed by atoms with Gasteiger partial charge in [0.05, 0.1) is 71.2 Å². The Morgan fingerprint density at radius 2 is 0.730 bits per heavy atom. The van der Waals surface area contributed by atoms with Gasteiger partial charge in [0.2, 0.25) is 0 Å². The van der Waals surface area contributed by atoms with Crippen molar-refractivity contribution in [2.75, 3.05) is 79.9 Å². The second-order valence-corrected chi connectivity index (χ2v) is 19.0. The molecule has 0 N–H and O–H groups in total. The fraction of sp³-hybridized carbons (Fsp3) is 0.161. The number of hydrogen-bond donors (Lipinski definition) is 0. The topological polar surface area (TPSA) is 70.2 Å². The molecule has 0 spiro atoms. The Bertz CT molecular complexity index is 3710. The van der Waals surface area contributed by atoms with Crippen LogP contribution in [0.25, 0.3) is 0 Å². The van der Waals surface area contributed by atoms with E-state index in [-0.39, 0.29) is 6.67 Å². The molecule has 4 aliphatic rings. The zero-order chi connectivity index (χ0) is 52.4. The van der Waals surface area contributed by atoms with Crippen molar-refractivity contribution in [1.29, 1.82) is 0 Å². The number of ether oxygens (including phenoxy) is 2.